The molecule has 0 aliphatic heterocycles. The SMILES string of the molecule is O=C1C(=O)c2c(C3CCCCC3)ccc3cccc1c23. The number of hydrogen-bond donors (Lipinski definition) is 0. The van der Waals surface area contributed by atoms with Crippen molar-refractivity contribution in [2.24, 2.45) is 0 Å². The monoisotopic (exact) mass is 264 g/mol. The molecule has 0 N–H and O–H groups in total. The van der Waals surface area contributed by atoms with E-state index < -0.39 is 0 Å². The Balaban J connectivity index is 1.99. The van der Waals surface area contributed by atoms with E-state index in [4.69, 9.17) is 0 Å². The molecule has 2 aromatic carbocycles. The molecule has 4 rings (SSSR count). The van der Waals surface area contributed by atoms with Gasteiger partial charge >= 0.3 is 0 Å². The van der Waals surface area contributed by atoms with Gasteiger partial charge in [0, 0.05) is 16.5 Å². The number of Topliss-reactive ketones (excluding diaryl/α,β-unsaturated/α-hetero) is 2. The predicted molar refractivity (Wildman–Crippen MR) is 78.4 cm³/mol. The Labute approximate surface area is 117 Å². The minimum absolute atomic E-state index is 0.294. The molecule has 2 nitrogen and oxygen atoms in total. The van der Waals surface area contributed by atoms with Gasteiger partial charge in [-0.05, 0) is 29.7 Å². The lowest BCUT2D eigenvalue weighted by atomic mass is 9.81. The average Bonchev–Trinajstić information content (AvgIpc) is 2.76. The van der Waals surface area contributed by atoms with Gasteiger partial charge in [-0.2, -0.15) is 0 Å². The molecular weight excluding hydrogens is 248 g/mol. The van der Waals surface area contributed by atoms with Crippen molar-refractivity contribution in [1.82, 2.24) is 0 Å². The number of carbonyl (C=O) groups is 2. The molecule has 2 aliphatic rings. The molecule has 1 fully saturated rings. The van der Waals surface area contributed by atoms with Gasteiger partial charge in [-0.1, -0.05) is 49.6 Å². The molecule has 100 valence electrons. The van der Waals surface area contributed by atoms with Gasteiger partial charge in [-0.3, -0.25) is 9.59 Å². The Morgan fingerprint density at radius 2 is 1.65 bits per heavy atom. The van der Waals surface area contributed by atoms with Gasteiger partial charge in [0.1, 0.15) is 0 Å². The highest BCUT2D eigenvalue weighted by molar-refractivity contribution is 6.57. The summed E-state index contributed by atoms with van der Waals surface area (Å²) in [6, 6.07) is 9.77. The standard InChI is InChI=1S/C18H16O2/c19-17-14-8-4-7-12-9-10-13(11-5-2-1-3-6-11)16(15(12)14)18(17)20/h4,7-11H,1-3,5-6H2. The summed E-state index contributed by atoms with van der Waals surface area (Å²) in [5.41, 5.74) is 2.41. The van der Waals surface area contributed by atoms with Crippen LogP contribution in [0, 0.1) is 0 Å². The lowest BCUT2D eigenvalue weighted by molar-refractivity contribution is 0.0824. The van der Waals surface area contributed by atoms with Crippen LogP contribution in [0.1, 0.15) is 64.3 Å². The van der Waals surface area contributed by atoms with Crippen molar-refractivity contribution in [3.8, 4) is 0 Å². The quantitative estimate of drug-likeness (QED) is 0.721. The van der Waals surface area contributed by atoms with Crippen LogP contribution in [-0.4, -0.2) is 11.6 Å². The highest BCUT2D eigenvalue weighted by Crippen LogP contribution is 2.40. The van der Waals surface area contributed by atoms with Crippen LogP contribution in [0.25, 0.3) is 10.8 Å². The number of ketones is 2. The van der Waals surface area contributed by atoms with E-state index in [2.05, 4.69) is 12.1 Å². The first-order valence-electron chi connectivity index (χ1n) is 7.42. The van der Waals surface area contributed by atoms with Crippen LogP contribution in [0.3, 0.4) is 0 Å². The Bertz CT molecular complexity index is 736. The van der Waals surface area contributed by atoms with Gasteiger partial charge in [0.15, 0.2) is 0 Å². The third-order valence-electron chi connectivity index (χ3n) is 4.80. The largest absolute Gasteiger partial charge is 0.285 e. The molecule has 0 bridgehead atoms. The van der Waals surface area contributed by atoms with E-state index in [0.29, 0.717) is 17.0 Å². The fourth-order valence-electron chi connectivity index (χ4n) is 3.82. The second-order valence-electron chi connectivity index (χ2n) is 5.93. The minimum Gasteiger partial charge on any atom is -0.285 e. The van der Waals surface area contributed by atoms with E-state index in [-0.39, 0.29) is 11.6 Å². The minimum atomic E-state index is -0.325. The fourth-order valence-corrected chi connectivity index (χ4v) is 3.82. The van der Waals surface area contributed by atoms with E-state index in [1.807, 2.05) is 12.1 Å². The van der Waals surface area contributed by atoms with E-state index >= 15 is 0 Å². The topological polar surface area (TPSA) is 34.1 Å². The summed E-state index contributed by atoms with van der Waals surface area (Å²) in [7, 11) is 0. The molecule has 0 amide bonds. The summed E-state index contributed by atoms with van der Waals surface area (Å²) in [5.74, 6) is -0.169. The van der Waals surface area contributed by atoms with Crippen LogP contribution < -0.4 is 0 Å². The maximum Gasteiger partial charge on any atom is 0.234 e. The van der Waals surface area contributed by atoms with Gasteiger partial charge in [-0.25, -0.2) is 0 Å². The molecule has 20 heavy (non-hydrogen) atoms. The Morgan fingerprint density at radius 1 is 0.850 bits per heavy atom. The molecule has 0 atom stereocenters. The van der Waals surface area contributed by atoms with Crippen LogP contribution >= 0.6 is 0 Å². The normalized spacial score (nSPS) is 19.0. The van der Waals surface area contributed by atoms with Crippen LogP contribution in [0.5, 0.6) is 0 Å². The van der Waals surface area contributed by atoms with Crippen LogP contribution in [0.2, 0.25) is 0 Å². The summed E-state index contributed by atoms with van der Waals surface area (Å²) >= 11 is 0. The Kier molecular flexibility index (Phi) is 2.53. The number of carbonyl (C=O) groups excluding carboxylic acids is 2. The molecule has 2 aromatic rings. The smallest absolute Gasteiger partial charge is 0.234 e. The van der Waals surface area contributed by atoms with Crippen LogP contribution in [-0.2, 0) is 0 Å². The van der Waals surface area contributed by atoms with E-state index in [1.54, 1.807) is 6.07 Å². The van der Waals surface area contributed by atoms with Crippen molar-refractivity contribution < 1.29 is 9.59 Å². The third kappa shape index (κ3) is 1.51. The maximum atomic E-state index is 12.4. The highest BCUT2D eigenvalue weighted by Gasteiger charge is 2.34. The zero-order valence-corrected chi connectivity index (χ0v) is 11.3. The first kappa shape index (κ1) is 11.8. The third-order valence-corrected chi connectivity index (χ3v) is 4.80. The summed E-state index contributed by atoms with van der Waals surface area (Å²) in [6.45, 7) is 0. The number of hydrogen-bond acceptors (Lipinski definition) is 2. The van der Waals surface area contributed by atoms with Gasteiger partial charge in [0.25, 0.3) is 0 Å². The van der Waals surface area contributed by atoms with Gasteiger partial charge < -0.3 is 0 Å². The van der Waals surface area contributed by atoms with Gasteiger partial charge in [0.2, 0.25) is 11.6 Å². The second kappa shape index (κ2) is 4.27. The fraction of sp³-hybridized carbons (Fsp3) is 0.333. The molecule has 0 unspecified atom stereocenters. The van der Waals surface area contributed by atoms with Crippen molar-refractivity contribution >= 4 is 22.3 Å². The van der Waals surface area contributed by atoms with Crippen molar-refractivity contribution in [3.05, 3.63) is 47.0 Å². The van der Waals surface area contributed by atoms with Crippen molar-refractivity contribution in [2.45, 2.75) is 38.0 Å². The predicted octanol–water partition coefficient (Wildman–Crippen LogP) is 4.27. The molecule has 0 heterocycles. The number of rotatable bonds is 1. The summed E-state index contributed by atoms with van der Waals surface area (Å²) in [6.07, 6.45) is 6.03. The van der Waals surface area contributed by atoms with Crippen molar-refractivity contribution in [1.29, 1.82) is 0 Å². The zero-order valence-electron chi connectivity index (χ0n) is 11.3. The maximum absolute atomic E-state index is 12.4. The van der Waals surface area contributed by atoms with Crippen LogP contribution in [0.15, 0.2) is 30.3 Å². The summed E-state index contributed by atoms with van der Waals surface area (Å²) in [5, 5.41) is 1.90. The molecule has 2 aliphatic carbocycles. The molecule has 0 saturated heterocycles. The molecule has 0 radical (unpaired) electrons. The molecule has 0 spiro atoms. The first-order chi connectivity index (χ1) is 9.77. The average molecular weight is 264 g/mol. The molecule has 1 saturated carbocycles. The molecule has 0 aromatic heterocycles. The van der Waals surface area contributed by atoms with Gasteiger partial charge in [0.05, 0.1) is 0 Å². The van der Waals surface area contributed by atoms with E-state index in [1.165, 1.54) is 19.3 Å². The summed E-state index contributed by atoms with van der Waals surface area (Å²) < 4.78 is 0. The molecular formula is C18H16O2. The lowest BCUT2D eigenvalue weighted by Crippen LogP contribution is -2.12. The van der Waals surface area contributed by atoms with Crippen molar-refractivity contribution in [2.75, 3.05) is 0 Å². The second-order valence-corrected chi connectivity index (χ2v) is 5.93. The summed E-state index contributed by atoms with van der Waals surface area (Å²) in [4.78, 5) is 24.6. The van der Waals surface area contributed by atoms with E-state index in [0.717, 1.165) is 29.2 Å². The Hall–Kier alpha value is -1.96. The zero-order chi connectivity index (χ0) is 13.7. The van der Waals surface area contributed by atoms with E-state index in [9.17, 15) is 9.59 Å². The highest BCUT2D eigenvalue weighted by atomic mass is 16.2. The van der Waals surface area contributed by atoms with Gasteiger partial charge in [-0.15, -0.1) is 0 Å². The lowest BCUT2D eigenvalue weighted by Gasteiger charge is -2.23. The Morgan fingerprint density at radius 3 is 2.45 bits per heavy atom. The molecule has 2 heteroatoms. The number of benzene rings is 2. The first-order valence-corrected chi connectivity index (χ1v) is 7.42. The van der Waals surface area contributed by atoms with Crippen molar-refractivity contribution in [3.63, 3.8) is 0 Å². The van der Waals surface area contributed by atoms with Crippen LogP contribution in [0.4, 0.5) is 0 Å².